The van der Waals surface area contributed by atoms with Crippen LogP contribution in [0.4, 0.5) is 25.1 Å². The topological polar surface area (TPSA) is 88.5 Å². The lowest BCUT2D eigenvalue weighted by molar-refractivity contribution is -0.141. The highest BCUT2D eigenvalue weighted by molar-refractivity contribution is 5.54. The first kappa shape index (κ1) is 21.0. The van der Waals surface area contributed by atoms with Crippen molar-refractivity contribution in [2.45, 2.75) is 44.9 Å². The molecule has 162 valence electrons. The normalized spacial score (nSPS) is 15.9. The molecule has 0 aliphatic heterocycles. The van der Waals surface area contributed by atoms with E-state index in [2.05, 4.69) is 35.6 Å². The summed E-state index contributed by atoms with van der Waals surface area (Å²) >= 11 is 0. The number of pyridine rings is 2. The Kier molecular flexibility index (Phi) is 5.71. The molecule has 31 heavy (non-hydrogen) atoms. The van der Waals surface area contributed by atoms with Crippen molar-refractivity contribution < 1.29 is 13.2 Å². The molecule has 0 amide bonds. The monoisotopic (exact) mass is 429 g/mol. The van der Waals surface area contributed by atoms with Gasteiger partial charge >= 0.3 is 6.18 Å². The standard InChI is InChI=1S/C21H22F3N7/c1-12(14-9-10-14)26-19-29-18(16-7-5-8-17(28-16)21(22,23)24)30-20(31-19)27-13(2)15-6-3-4-11-25-15/h3-8,11-14H,9-10H2,1-2H3,(H2,26,27,29,30,31)/t12-,13?/m1/s1. The third-order valence-corrected chi connectivity index (χ3v) is 5.07. The highest BCUT2D eigenvalue weighted by Crippen LogP contribution is 2.34. The Balaban J connectivity index is 1.67. The maximum atomic E-state index is 13.1. The van der Waals surface area contributed by atoms with Crippen LogP contribution in [0.25, 0.3) is 11.5 Å². The van der Waals surface area contributed by atoms with E-state index in [0.717, 1.165) is 24.6 Å². The number of hydrogen-bond acceptors (Lipinski definition) is 7. The smallest absolute Gasteiger partial charge is 0.351 e. The first-order valence-electron chi connectivity index (χ1n) is 10.0. The maximum absolute atomic E-state index is 13.1. The molecule has 0 radical (unpaired) electrons. The molecule has 0 saturated heterocycles. The number of hydrogen-bond donors (Lipinski definition) is 2. The minimum atomic E-state index is -4.56. The summed E-state index contributed by atoms with van der Waals surface area (Å²) in [7, 11) is 0. The highest BCUT2D eigenvalue weighted by Gasteiger charge is 2.33. The van der Waals surface area contributed by atoms with Gasteiger partial charge in [-0.05, 0) is 56.9 Å². The third kappa shape index (κ3) is 5.25. The summed E-state index contributed by atoms with van der Waals surface area (Å²) in [5.41, 5.74) is -0.196. The zero-order chi connectivity index (χ0) is 22.0. The van der Waals surface area contributed by atoms with Crippen molar-refractivity contribution in [1.29, 1.82) is 0 Å². The second-order valence-electron chi connectivity index (χ2n) is 7.60. The van der Waals surface area contributed by atoms with E-state index in [0.29, 0.717) is 11.9 Å². The number of rotatable bonds is 7. The number of anilines is 2. The van der Waals surface area contributed by atoms with Gasteiger partial charge in [-0.1, -0.05) is 12.1 Å². The lowest BCUT2D eigenvalue weighted by atomic mass is 10.2. The van der Waals surface area contributed by atoms with Gasteiger partial charge in [0.15, 0.2) is 5.82 Å². The molecule has 4 rings (SSSR count). The van der Waals surface area contributed by atoms with E-state index in [4.69, 9.17) is 0 Å². The molecule has 1 aliphatic carbocycles. The summed E-state index contributed by atoms with van der Waals surface area (Å²) in [6, 6.07) is 9.13. The Hall–Kier alpha value is -3.30. The Morgan fingerprint density at radius 3 is 2.29 bits per heavy atom. The molecule has 1 saturated carbocycles. The van der Waals surface area contributed by atoms with E-state index >= 15 is 0 Å². The van der Waals surface area contributed by atoms with Gasteiger partial charge in [-0.3, -0.25) is 4.98 Å². The second kappa shape index (κ2) is 8.44. The molecule has 10 heteroatoms. The van der Waals surface area contributed by atoms with Gasteiger partial charge in [0.25, 0.3) is 0 Å². The predicted octanol–water partition coefficient (Wildman–Crippen LogP) is 4.73. The van der Waals surface area contributed by atoms with Crippen molar-refractivity contribution in [1.82, 2.24) is 24.9 Å². The van der Waals surface area contributed by atoms with Gasteiger partial charge in [0.2, 0.25) is 11.9 Å². The number of nitrogens with zero attached hydrogens (tertiary/aromatic N) is 5. The summed E-state index contributed by atoms with van der Waals surface area (Å²) in [4.78, 5) is 21.1. The average molecular weight is 429 g/mol. The molecule has 0 bridgehead atoms. The van der Waals surface area contributed by atoms with Crippen LogP contribution in [0.3, 0.4) is 0 Å². The lowest BCUT2D eigenvalue weighted by Crippen LogP contribution is -2.21. The number of halogens is 3. The van der Waals surface area contributed by atoms with Crippen molar-refractivity contribution in [3.8, 4) is 11.5 Å². The van der Waals surface area contributed by atoms with Gasteiger partial charge in [-0.25, -0.2) is 4.98 Å². The maximum Gasteiger partial charge on any atom is 0.433 e. The van der Waals surface area contributed by atoms with E-state index < -0.39 is 11.9 Å². The minimum absolute atomic E-state index is 0.0212. The van der Waals surface area contributed by atoms with Gasteiger partial charge in [-0.2, -0.15) is 28.1 Å². The summed E-state index contributed by atoms with van der Waals surface area (Å²) < 4.78 is 39.4. The molecule has 1 unspecified atom stereocenters. The molecule has 0 aromatic carbocycles. The Morgan fingerprint density at radius 1 is 0.903 bits per heavy atom. The predicted molar refractivity (Wildman–Crippen MR) is 110 cm³/mol. The van der Waals surface area contributed by atoms with Crippen molar-refractivity contribution in [2.24, 2.45) is 5.92 Å². The molecule has 3 aromatic heterocycles. The molecule has 2 N–H and O–H groups in total. The zero-order valence-electron chi connectivity index (χ0n) is 17.1. The molecule has 7 nitrogen and oxygen atoms in total. The molecule has 1 fully saturated rings. The number of aromatic nitrogens is 5. The van der Waals surface area contributed by atoms with Gasteiger partial charge in [0, 0.05) is 12.2 Å². The molecule has 3 heterocycles. The van der Waals surface area contributed by atoms with Crippen LogP contribution in [0.5, 0.6) is 0 Å². The fraction of sp³-hybridized carbons (Fsp3) is 0.381. The van der Waals surface area contributed by atoms with Crippen LogP contribution in [-0.4, -0.2) is 31.0 Å². The summed E-state index contributed by atoms with van der Waals surface area (Å²) in [6.07, 6.45) is -0.616. The van der Waals surface area contributed by atoms with E-state index in [1.807, 2.05) is 32.0 Å². The van der Waals surface area contributed by atoms with Crippen molar-refractivity contribution in [3.05, 3.63) is 54.0 Å². The van der Waals surface area contributed by atoms with Crippen molar-refractivity contribution in [2.75, 3.05) is 10.6 Å². The lowest BCUT2D eigenvalue weighted by Gasteiger charge is -2.17. The summed E-state index contributed by atoms with van der Waals surface area (Å²) in [5, 5.41) is 6.40. The SMILES string of the molecule is CC(Nc1nc(N[C@H](C)C2CC2)nc(-c2cccc(C(F)(F)F)n2)n1)c1ccccn1. The Bertz CT molecular complexity index is 1040. The third-order valence-electron chi connectivity index (χ3n) is 5.07. The van der Waals surface area contributed by atoms with Crippen LogP contribution >= 0.6 is 0 Å². The van der Waals surface area contributed by atoms with Crippen molar-refractivity contribution >= 4 is 11.9 Å². The molecular formula is C21H22F3N7. The van der Waals surface area contributed by atoms with Crippen LogP contribution in [-0.2, 0) is 6.18 Å². The Morgan fingerprint density at radius 2 is 1.65 bits per heavy atom. The summed E-state index contributed by atoms with van der Waals surface area (Å²) in [6.45, 7) is 3.93. The summed E-state index contributed by atoms with van der Waals surface area (Å²) in [5.74, 6) is 1.12. The molecule has 0 spiro atoms. The minimum Gasteiger partial charge on any atom is -0.351 e. The van der Waals surface area contributed by atoms with Crippen molar-refractivity contribution in [3.63, 3.8) is 0 Å². The van der Waals surface area contributed by atoms with Gasteiger partial charge in [0.1, 0.15) is 11.4 Å². The van der Waals surface area contributed by atoms with Crippen LogP contribution in [0.1, 0.15) is 44.1 Å². The molecular weight excluding hydrogens is 407 g/mol. The van der Waals surface area contributed by atoms with E-state index in [9.17, 15) is 13.2 Å². The highest BCUT2D eigenvalue weighted by atomic mass is 19.4. The first-order valence-corrected chi connectivity index (χ1v) is 10.0. The zero-order valence-corrected chi connectivity index (χ0v) is 17.1. The number of nitrogens with one attached hydrogen (secondary N) is 2. The van der Waals surface area contributed by atoms with Crippen LogP contribution in [0.2, 0.25) is 0 Å². The van der Waals surface area contributed by atoms with Crippen LogP contribution < -0.4 is 10.6 Å². The van der Waals surface area contributed by atoms with Gasteiger partial charge < -0.3 is 10.6 Å². The van der Waals surface area contributed by atoms with E-state index in [-0.39, 0.29) is 29.6 Å². The second-order valence-corrected chi connectivity index (χ2v) is 7.60. The van der Waals surface area contributed by atoms with Gasteiger partial charge in [-0.15, -0.1) is 0 Å². The fourth-order valence-corrected chi connectivity index (χ4v) is 3.15. The van der Waals surface area contributed by atoms with Crippen LogP contribution in [0, 0.1) is 5.92 Å². The largest absolute Gasteiger partial charge is 0.433 e. The Labute approximate surface area is 177 Å². The molecule has 3 aromatic rings. The fourth-order valence-electron chi connectivity index (χ4n) is 3.15. The van der Waals surface area contributed by atoms with E-state index in [1.54, 1.807) is 6.20 Å². The van der Waals surface area contributed by atoms with Crippen LogP contribution in [0.15, 0.2) is 42.6 Å². The first-order chi connectivity index (χ1) is 14.8. The average Bonchev–Trinajstić information content (AvgIpc) is 3.59. The quantitative estimate of drug-likeness (QED) is 0.561. The van der Waals surface area contributed by atoms with Gasteiger partial charge in [0.05, 0.1) is 11.7 Å². The van der Waals surface area contributed by atoms with E-state index in [1.165, 1.54) is 12.1 Å². The molecule has 1 aliphatic rings. The molecule has 2 atom stereocenters. The number of alkyl halides is 3.